The second-order valence-corrected chi connectivity index (χ2v) is 5.39. The first-order valence-electron chi connectivity index (χ1n) is 5.16. The summed E-state index contributed by atoms with van der Waals surface area (Å²) in [5.41, 5.74) is 5.93. The number of carbonyl (C=O) groups excluding carboxylic acids is 1. The molecule has 0 amide bonds. The zero-order valence-corrected chi connectivity index (χ0v) is 11.5. The van der Waals surface area contributed by atoms with Crippen molar-refractivity contribution in [2.45, 2.75) is 18.2 Å². The van der Waals surface area contributed by atoms with Crippen LogP contribution in [0.25, 0.3) is 0 Å². The maximum Gasteiger partial charge on any atom is 0.326 e. The van der Waals surface area contributed by atoms with Crippen LogP contribution in [0.4, 0.5) is 0 Å². The molecule has 94 valence electrons. The van der Waals surface area contributed by atoms with Gasteiger partial charge in [0.1, 0.15) is 5.54 Å². The number of esters is 1. The minimum Gasteiger partial charge on any atom is -0.468 e. The lowest BCUT2D eigenvalue weighted by Gasteiger charge is -2.20. The molecule has 0 fully saturated rings. The van der Waals surface area contributed by atoms with Gasteiger partial charge in [-0.3, -0.25) is 4.79 Å². The van der Waals surface area contributed by atoms with E-state index in [2.05, 4.69) is 4.74 Å². The van der Waals surface area contributed by atoms with Gasteiger partial charge in [0, 0.05) is 16.5 Å². The van der Waals surface area contributed by atoms with Crippen molar-refractivity contribution in [2.24, 2.45) is 5.73 Å². The fourth-order valence-electron chi connectivity index (χ4n) is 1.28. The summed E-state index contributed by atoms with van der Waals surface area (Å²) in [5, 5.41) is 0.733. The van der Waals surface area contributed by atoms with E-state index in [0.29, 0.717) is 5.75 Å². The number of benzene rings is 1. The number of hydrogen-bond donors (Lipinski definition) is 1. The molecule has 0 saturated carbocycles. The smallest absolute Gasteiger partial charge is 0.326 e. The number of rotatable bonds is 5. The van der Waals surface area contributed by atoms with Crippen LogP contribution in [0.3, 0.4) is 0 Å². The minimum absolute atomic E-state index is 0.399. The van der Waals surface area contributed by atoms with Gasteiger partial charge in [0.05, 0.1) is 7.11 Å². The van der Waals surface area contributed by atoms with Gasteiger partial charge in [-0.05, 0) is 18.6 Å². The molecule has 0 aromatic heterocycles. The van der Waals surface area contributed by atoms with Crippen LogP contribution in [-0.2, 0) is 15.3 Å². The third kappa shape index (κ3) is 4.22. The number of nitrogens with two attached hydrogens (primary N) is 1. The highest BCUT2D eigenvalue weighted by molar-refractivity contribution is 7.98. The second kappa shape index (κ2) is 6.28. The number of thioether (sulfide) groups is 1. The molecule has 1 aromatic rings. The first-order chi connectivity index (χ1) is 7.97. The van der Waals surface area contributed by atoms with Gasteiger partial charge in [-0.15, -0.1) is 0 Å². The second-order valence-electron chi connectivity index (χ2n) is 3.99. The summed E-state index contributed by atoms with van der Waals surface area (Å²) < 4.78 is 4.64. The molecule has 5 heteroatoms. The third-order valence-corrected chi connectivity index (χ3v) is 3.96. The highest BCUT2D eigenvalue weighted by Gasteiger charge is 2.29. The van der Waals surface area contributed by atoms with Crippen molar-refractivity contribution < 1.29 is 9.53 Å². The quantitative estimate of drug-likeness (QED) is 0.838. The van der Waals surface area contributed by atoms with Crippen molar-refractivity contribution in [3.05, 3.63) is 34.9 Å². The van der Waals surface area contributed by atoms with E-state index < -0.39 is 11.5 Å². The number of methoxy groups -OCH3 is 1. The summed E-state index contributed by atoms with van der Waals surface area (Å²) in [7, 11) is 1.34. The number of ether oxygens (including phenoxy) is 1. The van der Waals surface area contributed by atoms with Crippen LogP contribution in [0.2, 0.25) is 5.02 Å². The Hall–Kier alpha value is -0.710. The molecule has 2 N–H and O–H groups in total. The van der Waals surface area contributed by atoms with Crippen molar-refractivity contribution in [3.63, 3.8) is 0 Å². The highest BCUT2D eigenvalue weighted by Crippen LogP contribution is 2.22. The van der Waals surface area contributed by atoms with Gasteiger partial charge in [0.25, 0.3) is 0 Å². The zero-order valence-electron chi connectivity index (χ0n) is 9.90. The lowest BCUT2D eigenvalue weighted by Crippen LogP contribution is -2.48. The van der Waals surface area contributed by atoms with Crippen LogP contribution in [0.15, 0.2) is 24.3 Å². The van der Waals surface area contributed by atoms with E-state index >= 15 is 0 Å². The standard InChI is InChI=1S/C12H16ClNO2S/c1-12(14,11(15)16-2)8-17-7-9-5-3-4-6-10(9)13/h3-6H,7-8,14H2,1-2H3. The van der Waals surface area contributed by atoms with E-state index in [-0.39, 0.29) is 0 Å². The molecule has 1 atom stereocenters. The van der Waals surface area contributed by atoms with Crippen LogP contribution in [-0.4, -0.2) is 24.4 Å². The molecule has 0 aliphatic carbocycles. The van der Waals surface area contributed by atoms with Crippen molar-refractivity contribution in [1.82, 2.24) is 0 Å². The molecule has 0 spiro atoms. The van der Waals surface area contributed by atoms with Crippen LogP contribution in [0.5, 0.6) is 0 Å². The maximum absolute atomic E-state index is 11.4. The predicted octanol–water partition coefficient (Wildman–Crippen LogP) is 2.46. The number of halogens is 1. The van der Waals surface area contributed by atoms with Crippen LogP contribution in [0.1, 0.15) is 12.5 Å². The molecule has 0 aliphatic rings. The summed E-state index contributed by atoms with van der Waals surface area (Å²) in [6.45, 7) is 1.67. The lowest BCUT2D eigenvalue weighted by atomic mass is 10.1. The highest BCUT2D eigenvalue weighted by atomic mass is 35.5. The number of hydrogen-bond acceptors (Lipinski definition) is 4. The molecular weight excluding hydrogens is 258 g/mol. The molecule has 1 rings (SSSR count). The molecular formula is C12H16ClNO2S. The normalized spacial score (nSPS) is 14.1. The Bertz CT molecular complexity index is 396. The van der Waals surface area contributed by atoms with Crippen LogP contribution < -0.4 is 5.73 Å². The van der Waals surface area contributed by atoms with Crippen LogP contribution >= 0.6 is 23.4 Å². The van der Waals surface area contributed by atoms with E-state index in [9.17, 15) is 4.79 Å². The fourth-order valence-corrected chi connectivity index (χ4v) is 2.68. The molecule has 0 aliphatic heterocycles. The molecule has 0 heterocycles. The van der Waals surface area contributed by atoms with Crippen molar-refractivity contribution in [2.75, 3.05) is 12.9 Å². The first kappa shape index (κ1) is 14.4. The average molecular weight is 274 g/mol. The Morgan fingerprint density at radius 2 is 2.18 bits per heavy atom. The van der Waals surface area contributed by atoms with Gasteiger partial charge in [-0.1, -0.05) is 29.8 Å². The Balaban J connectivity index is 2.48. The van der Waals surface area contributed by atoms with Gasteiger partial charge in [-0.2, -0.15) is 11.8 Å². The Morgan fingerprint density at radius 1 is 1.53 bits per heavy atom. The molecule has 0 bridgehead atoms. The predicted molar refractivity (Wildman–Crippen MR) is 72.2 cm³/mol. The zero-order chi connectivity index (χ0) is 12.9. The summed E-state index contributed by atoms with van der Waals surface area (Å²) in [4.78, 5) is 11.4. The molecule has 1 aromatic carbocycles. The van der Waals surface area contributed by atoms with E-state index in [1.807, 2.05) is 24.3 Å². The summed E-state index contributed by atoms with van der Waals surface area (Å²) in [5.74, 6) is 0.818. The maximum atomic E-state index is 11.4. The molecule has 0 radical (unpaired) electrons. The fraction of sp³-hybridized carbons (Fsp3) is 0.417. The van der Waals surface area contributed by atoms with Gasteiger partial charge in [0.15, 0.2) is 0 Å². The van der Waals surface area contributed by atoms with E-state index in [0.717, 1.165) is 16.3 Å². The summed E-state index contributed by atoms with van der Waals surface area (Å²) >= 11 is 7.59. The monoisotopic (exact) mass is 273 g/mol. The SMILES string of the molecule is COC(=O)C(C)(N)CSCc1ccccc1Cl. The van der Waals surface area contributed by atoms with Crippen molar-refractivity contribution in [1.29, 1.82) is 0 Å². The van der Waals surface area contributed by atoms with Gasteiger partial charge >= 0.3 is 5.97 Å². The summed E-state index contributed by atoms with van der Waals surface area (Å²) in [6, 6.07) is 7.63. The Morgan fingerprint density at radius 3 is 2.76 bits per heavy atom. The van der Waals surface area contributed by atoms with E-state index in [1.54, 1.807) is 18.7 Å². The summed E-state index contributed by atoms with van der Waals surface area (Å²) in [6.07, 6.45) is 0. The molecule has 1 unspecified atom stereocenters. The Kier molecular flexibility index (Phi) is 5.31. The Labute approximate surface area is 111 Å². The molecule has 3 nitrogen and oxygen atoms in total. The average Bonchev–Trinajstić information content (AvgIpc) is 2.30. The van der Waals surface area contributed by atoms with Gasteiger partial charge in [-0.25, -0.2) is 0 Å². The minimum atomic E-state index is -0.958. The van der Waals surface area contributed by atoms with Gasteiger partial charge in [0.2, 0.25) is 0 Å². The molecule has 17 heavy (non-hydrogen) atoms. The molecule has 0 saturated heterocycles. The topological polar surface area (TPSA) is 52.3 Å². The van der Waals surface area contributed by atoms with Crippen LogP contribution in [0, 0.1) is 0 Å². The first-order valence-corrected chi connectivity index (χ1v) is 6.69. The van der Waals surface area contributed by atoms with Gasteiger partial charge < -0.3 is 10.5 Å². The van der Waals surface area contributed by atoms with E-state index in [4.69, 9.17) is 17.3 Å². The van der Waals surface area contributed by atoms with Crippen molar-refractivity contribution >= 4 is 29.3 Å². The lowest BCUT2D eigenvalue weighted by molar-refractivity contribution is -0.145. The largest absolute Gasteiger partial charge is 0.468 e. The van der Waals surface area contributed by atoms with Crippen molar-refractivity contribution in [3.8, 4) is 0 Å². The third-order valence-electron chi connectivity index (χ3n) is 2.27. The van der Waals surface area contributed by atoms with E-state index in [1.165, 1.54) is 7.11 Å². The number of carbonyl (C=O) groups is 1.